The van der Waals surface area contributed by atoms with Crippen molar-refractivity contribution < 1.29 is 10.2 Å². The monoisotopic (exact) mass is 416 g/mol. The number of hydrogen-bond acceptors (Lipinski definition) is 2. The first-order chi connectivity index (χ1) is 10.4. The van der Waals surface area contributed by atoms with E-state index in [-0.39, 0.29) is 0 Å². The van der Waals surface area contributed by atoms with Crippen LogP contribution in [0.3, 0.4) is 0 Å². The summed E-state index contributed by atoms with van der Waals surface area (Å²) in [5, 5.41) is 22.3. The van der Waals surface area contributed by atoms with Crippen molar-refractivity contribution in [1.29, 1.82) is 0 Å². The molecular weight excluding hydrogens is 408 g/mol. The summed E-state index contributed by atoms with van der Waals surface area (Å²) in [6.45, 7) is 0. The number of halogens is 2. The van der Waals surface area contributed by atoms with Gasteiger partial charge in [-0.05, 0) is 12.1 Å². The molecule has 0 aliphatic heterocycles. The zero-order valence-electron chi connectivity index (χ0n) is 11.3. The summed E-state index contributed by atoms with van der Waals surface area (Å²) in [5.74, 6) is 4.90. The number of aliphatic hydroxyl groups is 2. The van der Waals surface area contributed by atoms with Gasteiger partial charge in [0.1, 0.15) is 0 Å². The Hall–Kier alpha value is -1.56. The Morgan fingerprint density at radius 3 is 1.45 bits per heavy atom. The molecule has 0 unspecified atom stereocenters. The lowest BCUT2D eigenvalue weighted by atomic mass is 9.68. The third-order valence-electron chi connectivity index (χ3n) is 3.95. The van der Waals surface area contributed by atoms with Crippen LogP contribution in [0, 0.1) is 24.7 Å². The highest BCUT2D eigenvalue weighted by Gasteiger charge is 2.50. The highest BCUT2D eigenvalue weighted by molar-refractivity contribution is 9.11. The molecule has 0 saturated heterocycles. The fraction of sp³-hybridized carbons (Fsp3) is 0.111. The van der Waals surface area contributed by atoms with Crippen LogP contribution in [0.1, 0.15) is 22.3 Å². The number of fused-ring (bicyclic) bond motifs is 2. The van der Waals surface area contributed by atoms with Crippen LogP contribution >= 0.6 is 31.9 Å². The molecular formula is C18H10Br2O2. The molecule has 2 aromatic carbocycles. The summed E-state index contributed by atoms with van der Waals surface area (Å²) in [6, 6.07) is 10.3. The van der Waals surface area contributed by atoms with Crippen molar-refractivity contribution in [2.45, 2.75) is 11.2 Å². The van der Waals surface area contributed by atoms with Crippen LogP contribution in [0.25, 0.3) is 0 Å². The number of terminal acetylenes is 2. The Bertz CT molecular complexity index is 804. The molecule has 0 aromatic heterocycles. The van der Waals surface area contributed by atoms with Crippen molar-refractivity contribution >= 4 is 31.9 Å². The van der Waals surface area contributed by atoms with E-state index >= 15 is 0 Å². The van der Waals surface area contributed by atoms with Gasteiger partial charge >= 0.3 is 0 Å². The molecule has 2 nitrogen and oxygen atoms in total. The molecule has 4 heteroatoms. The van der Waals surface area contributed by atoms with E-state index in [1.54, 1.807) is 36.4 Å². The number of hydrogen-bond donors (Lipinski definition) is 2. The van der Waals surface area contributed by atoms with Crippen LogP contribution in [-0.4, -0.2) is 10.2 Å². The van der Waals surface area contributed by atoms with Gasteiger partial charge in [0.25, 0.3) is 0 Å². The topological polar surface area (TPSA) is 40.5 Å². The van der Waals surface area contributed by atoms with Crippen LogP contribution in [0.15, 0.2) is 45.3 Å². The Labute approximate surface area is 145 Å². The van der Waals surface area contributed by atoms with Crippen LogP contribution in [0.4, 0.5) is 0 Å². The maximum atomic E-state index is 11.2. The predicted octanol–water partition coefficient (Wildman–Crippen LogP) is 3.26. The minimum atomic E-state index is -1.68. The molecule has 1 aliphatic carbocycles. The van der Waals surface area contributed by atoms with Crippen LogP contribution in [0.2, 0.25) is 0 Å². The summed E-state index contributed by atoms with van der Waals surface area (Å²) in [4.78, 5) is 0. The molecule has 0 saturated carbocycles. The lowest BCUT2D eigenvalue weighted by Gasteiger charge is -2.41. The van der Waals surface area contributed by atoms with Gasteiger partial charge < -0.3 is 10.2 Å². The maximum absolute atomic E-state index is 11.2. The quantitative estimate of drug-likeness (QED) is 0.646. The molecule has 0 heterocycles. The minimum absolute atomic E-state index is 0.378. The second-order valence-electron chi connectivity index (χ2n) is 5.03. The van der Waals surface area contributed by atoms with Crippen LogP contribution in [0.5, 0.6) is 0 Å². The van der Waals surface area contributed by atoms with Gasteiger partial charge in [0.15, 0.2) is 11.2 Å². The van der Waals surface area contributed by atoms with Crippen molar-refractivity contribution in [3.05, 3.63) is 67.6 Å². The van der Waals surface area contributed by atoms with Crippen LogP contribution in [-0.2, 0) is 11.2 Å². The third-order valence-corrected chi connectivity index (χ3v) is 5.27. The highest BCUT2D eigenvalue weighted by Crippen LogP contribution is 2.51. The summed E-state index contributed by atoms with van der Waals surface area (Å²) in [5.41, 5.74) is -1.80. The van der Waals surface area contributed by atoms with Crippen LogP contribution < -0.4 is 0 Å². The lowest BCUT2D eigenvalue weighted by Crippen LogP contribution is -2.42. The van der Waals surface area contributed by atoms with Crippen molar-refractivity contribution in [3.63, 3.8) is 0 Å². The number of benzene rings is 2. The molecule has 2 atom stereocenters. The minimum Gasteiger partial charge on any atom is -0.369 e. The van der Waals surface area contributed by atoms with E-state index in [0.29, 0.717) is 31.2 Å². The summed E-state index contributed by atoms with van der Waals surface area (Å²) in [6.07, 6.45) is 11.3. The highest BCUT2D eigenvalue weighted by atomic mass is 79.9. The molecule has 1 aliphatic rings. The standard InChI is InChI=1S/C18H10Br2O2/c1-3-17(21)11-7-5-6-8-12(11)18(22,4-2)16-14(20)10-9-13(19)15(16)17/h1-2,5-10,21-22H/t17-,18+. The first-order valence-electron chi connectivity index (χ1n) is 6.39. The second kappa shape index (κ2) is 4.98. The smallest absolute Gasteiger partial charge is 0.178 e. The van der Waals surface area contributed by atoms with Gasteiger partial charge in [-0.25, -0.2) is 0 Å². The van der Waals surface area contributed by atoms with Gasteiger partial charge in [0.2, 0.25) is 0 Å². The van der Waals surface area contributed by atoms with E-state index in [1.165, 1.54) is 0 Å². The molecule has 3 rings (SSSR count). The average Bonchev–Trinajstić information content (AvgIpc) is 2.54. The van der Waals surface area contributed by atoms with Crippen molar-refractivity contribution in [2.75, 3.05) is 0 Å². The maximum Gasteiger partial charge on any atom is 0.178 e. The van der Waals surface area contributed by atoms with E-state index in [0.717, 1.165) is 0 Å². The molecule has 22 heavy (non-hydrogen) atoms. The first-order valence-corrected chi connectivity index (χ1v) is 7.98. The van der Waals surface area contributed by atoms with E-state index < -0.39 is 11.2 Å². The lowest BCUT2D eigenvalue weighted by molar-refractivity contribution is 0.0934. The zero-order chi connectivity index (χ0) is 16.1. The summed E-state index contributed by atoms with van der Waals surface area (Å²) >= 11 is 6.82. The van der Waals surface area contributed by atoms with E-state index in [1.807, 2.05) is 0 Å². The van der Waals surface area contributed by atoms with Gasteiger partial charge in [-0.15, -0.1) is 12.8 Å². The largest absolute Gasteiger partial charge is 0.369 e. The Kier molecular flexibility index (Phi) is 3.47. The second-order valence-corrected chi connectivity index (χ2v) is 6.74. The molecule has 0 radical (unpaired) electrons. The summed E-state index contributed by atoms with van der Waals surface area (Å²) < 4.78 is 1.16. The van der Waals surface area contributed by atoms with Crippen molar-refractivity contribution in [2.24, 2.45) is 0 Å². The SMILES string of the molecule is C#C[C@@]1(O)c2ccccc2[C@@](O)(C#C)c2c(Br)ccc(Br)c21. The predicted molar refractivity (Wildman–Crippen MR) is 91.9 cm³/mol. The van der Waals surface area contributed by atoms with Gasteiger partial charge in [0, 0.05) is 31.2 Å². The fourth-order valence-corrected chi connectivity index (χ4v) is 4.18. The first kappa shape index (κ1) is 15.3. The Morgan fingerprint density at radius 1 is 0.773 bits per heavy atom. The fourth-order valence-electron chi connectivity index (χ4n) is 2.94. The van der Waals surface area contributed by atoms with Gasteiger partial charge in [-0.1, -0.05) is 68.0 Å². The molecule has 0 fully saturated rings. The number of rotatable bonds is 0. The summed E-state index contributed by atoms with van der Waals surface area (Å²) in [7, 11) is 0. The molecule has 2 N–H and O–H groups in total. The van der Waals surface area contributed by atoms with Gasteiger partial charge in [0.05, 0.1) is 0 Å². The molecule has 108 valence electrons. The van der Waals surface area contributed by atoms with Crippen molar-refractivity contribution in [3.8, 4) is 24.7 Å². The molecule has 0 spiro atoms. The molecule has 0 amide bonds. The average molecular weight is 418 g/mol. The third kappa shape index (κ3) is 1.76. The van der Waals surface area contributed by atoms with E-state index in [4.69, 9.17) is 12.8 Å². The normalized spacial score (nSPS) is 25.5. The van der Waals surface area contributed by atoms with E-state index in [2.05, 4.69) is 43.7 Å². The van der Waals surface area contributed by atoms with Gasteiger partial charge in [-0.2, -0.15) is 0 Å². The Morgan fingerprint density at radius 2 is 1.14 bits per heavy atom. The zero-order valence-corrected chi connectivity index (χ0v) is 14.4. The molecule has 0 bridgehead atoms. The Balaban J connectivity index is 2.58. The van der Waals surface area contributed by atoms with Gasteiger partial charge in [-0.3, -0.25) is 0 Å². The molecule has 2 aromatic rings. The van der Waals surface area contributed by atoms with E-state index in [9.17, 15) is 10.2 Å². The van der Waals surface area contributed by atoms with Crippen molar-refractivity contribution in [1.82, 2.24) is 0 Å².